The summed E-state index contributed by atoms with van der Waals surface area (Å²) in [5.41, 5.74) is 2.93. The van der Waals surface area contributed by atoms with Crippen LogP contribution in [-0.2, 0) is 6.42 Å². The summed E-state index contributed by atoms with van der Waals surface area (Å²) in [6, 6.07) is 9.76. The van der Waals surface area contributed by atoms with Crippen LogP contribution in [0.3, 0.4) is 0 Å². The van der Waals surface area contributed by atoms with Gasteiger partial charge in [-0.1, -0.05) is 58.4 Å². The molecule has 18 heavy (non-hydrogen) atoms. The summed E-state index contributed by atoms with van der Waals surface area (Å²) in [6.45, 7) is 10.1. The summed E-state index contributed by atoms with van der Waals surface area (Å²) in [4.78, 5) is 0. The van der Waals surface area contributed by atoms with Crippen LogP contribution in [0.25, 0.3) is 0 Å². The maximum atomic E-state index is 3.46. The number of nitrogens with one attached hydrogen (secondary N) is 1. The van der Waals surface area contributed by atoms with Crippen molar-refractivity contribution in [1.29, 1.82) is 0 Å². The molecule has 1 aromatic rings. The predicted molar refractivity (Wildman–Crippen MR) is 81.2 cm³/mol. The van der Waals surface area contributed by atoms with Crippen LogP contribution in [0, 0.1) is 0 Å². The Kier molecular flexibility index (Phi) is 7.04. The molecule has 1 nitrogen and oxygen atoms in total. The molecule has 0 fully saturated rings. The third kappa shape index (κ3) is 6.20. The van der Waals surface area contributed by atoms with E-state index in [-0.39, 0.29) is 0 Å². The van der Waals surface area contributed by atoms with Crippen LogP contribution in [0.1, 0.15) is 64.0 Å². The molecule has 102 valence electrons. The lowest BCUT2D eigenvalue weighted by molar-refractivity contribution is 0.548. The van der Waals surface area contributed by atoms with Crippen molar-refractivity contribution in [3.05, 3.63) is 35.4 Å². The van der Waals surface area contributed by atoms with E-state index in [1.54, 1.807) is 0 Å². The van der Waals surface area contributed by atoms with Gasteiger partial charge in [0.25, 0.3) is 0 Å². The lowest BCUT2D eigenvalue weighted by atomic mass is 10.00. The van der Waals surface area contributed by atoms with Crippen molar-refractivity contribution in [1.82, 2.24) is 5.32 Å². The molecule has 0 saturated heterocycles. The highest BCUT2D eigenvalue weighted by Gasteiger charge is 1.99. The van der Waals surface area contributed by atoms with Crippen molar-refractivity contribution in [3.8, 4) is 0 Å². The van der Waals surface area contributed by atoms with Gasteiger partial charge < -0.3 is 5.32 Å². The van der Waals surface area contributed by atoms with Crippen LogP contribution in [-0.4, -0.2) is 12.6 Å². The van der Waals surface area contributed by atoms with E-state index in [0.29, 0.717) is 12.0 Å². The SMILES string of the molecule is CC(C)NCCCCCc1ccc(C(C)C)cc1. The summed E-state index contributed by atoms with van der Waals surface area (Å²) in [7, 11) is 0. The van der Waals surface area contributed by atoms with Gasteiger partial charge in [0, 0.05) is 6.04 Å². The summed E-state index contributed by atoms with van der Waals surface area (Å²) < 4.78 is 0. The highest BCUT2D eigenvalue weighted by atomic mass is 14.9. The first-order chi connectivity index (χ1) is 8.59. The van der Waals surface area contributed by atoms with Gasteiger partial charge in [-0.15, -0.1) is 0 Å². The van der Waals surface area contributed by atoms with Crippen molar-refractivity contribution in [2.45, 2.75) is 65.3 Å². The molecule has 0 atom stereocenters. The zero-order valence-corrected chi connectivity index (χ0v) is 12.5. The van der Waals surface area contributed by atoms with Crippen LogP contribution >= 0.6 is 0 Å². The molecule has 0 aliphatic rings. The molecule has 0 radical (unpaired) electrons. The predicted octanol–water partition coefficient (Wildman–Crippen LogP) is 4.52. The van der Waals surface area contributed by atoms with Crippen molar-refractivity contribution in [3.63, 3.8) is 0 Å². The standard InChI is InChI=1S/C17H29N/c1-14(2)17-11-9-16(10-12-17)8-6-5-7-13-18-15(3)4/h9-12,14-15,18H,5-8,13H2,1-4H3. The van der Waals surface area contributed by atoms with Gasteiger partial charge in [-0.3, -0.25) is 0 Å². The van der Waals surface area contributed by atoms with E-state index in [1.807, 2.05) is 0 Å². The van der Waals surface area contributed by atoms with E-state index in [4.69, 9.17) is 0 Å². The average molecular weight is 247 g/mol. The summed E-state index contributed by atoms with van der Waals surface area (Å²) in [5.74, 6) is 0.640. The lowest BCUT2D eigenvalue weighted by Crippen LogP contribution is -2.23. The third-order valence-electron chi connectivity index (χ3n) is 3.34. The van der Waals surface area contributed by atoms with Crippen LogP contribution in [0.2, 0.25) is 0 Å². The first kappa shape index (κ1) is 15.2. The molecule has 0 saturated carbocycles. The van der Waals surface area contributed by atoms with Gasteiger partial charge in [-0.2, -0.15) is 0 Å². The second kappa shape index (κ2) is 8.31. The van der Waals surface area contributed by atoms with E-state index >= 15 is 0 Å². The van der Waals surface area contributed by atoms with E-state index in [1.165, 1.54) is 36.8 Å². The summed E-state index contributed by atoms with van der Waals surface area (Å²) in [6.07, 6.45) is 5.15. The zero-order valence-electron chi connectivity index (χ0n) is 12.5. The molecule has 0 aliphatic heterocycles. The highest BCUT2D eigenvalue weighted by molar-refractivity contribution is 5.24. The molecule has 0 bridgehead atoms. The quantitative estimate of drug-likeness (QED) is 0.666. The van der Waals surface area contributed by atoms with Crippen molar-refractivity contribution >= 4 is 0 Å². The smallest absolute Gasteiger partial charge is 0.00103 e. The Balaban J connectivity index is 2.15. The Bertz CT molecular complexity index is 311. The summed E-state index contributed by atoms with van der Waals surface area (Å²) >= 11 is 0. The largest absolute Gasteiger partial charge is 0.315 e. The molecule has 0 amide bonds. The molecule has 0 aliphatic carbocycles. The summed E-state index contributed by atoms with van der Waals surface area (Å²) in [5, 5.41) is 3.46. The number of hydrogen-bond acceptors (Lipinski definition) is 1. The fourth-order valence-corrected chi connectivity index (χ4v) is 2.09. The molecular formula is C17H29N. The maximum absolute atomic E-state index is 3.46. The minimum atomic E-state index is 0.619. The van der Waals surface area contributed by atoms with Gasteiger partial charge in [0.15, 0.2) is 0 Å². The number of hydrogen-bond donors (Lipinski definition) is 1. The Hall–Kier alpha value is -0.820. The molecule has 1 heteroatoms. The highest BCUT2D eigenvalue weighted by Crippen LogP contribution is 2.15. The Morgan fingerprint density at radius 1 is 0.889 bits per heavy atom. The third-order valence-corrected chi connectivity index (χ3v) is 3.34. The fourth-order valence-electron chi connectivity index (χ4n) is 2.09. The van der Waals surface area contributed by atoms with Crippen LogP contribution in [0.15, 0.2) is 24.3 Å². The topological polar surface area (TPSA) is 12.0 Å². The molecule has 0 spiro atoms. The van der Waals surface area contributed by atoms with Crippen LogP contribution in [0.5, 0.6) is 0 Å². The molecule has 0 unspecified atom stereocenters. The minimum Gasteiger partial charge on any atom is -0.315 e. The Morgan fingerprint density at radius 3 is 2.11 bits per heavy atom. The normalized spacial score (nSPS) is 11.4. The monoisotopic (exact) mass is 247 g/mol. The van der Waals surface area contributed by atoms with E-state index in [2.05, 4.69) is 57.3 Å². The molecule has 1 rings (SSSR count). The zero-order chi connectivity index (χ0) is 13.4. The first-order valence-corrected chi connectivity index (χ1v) is 7.42. The molecule has 0 aromatic heterocycles. The lowest BCUT2D eigenvalue weighted by Gasteiger charge is -2.08. The number of rotatable bonds is 8. The van der Waals surface area contributed by atoms with Gasteiger partial charge in [-0.05, 0) is 42.9 Å². The van der Waals surface area contributed by atoms with Crippen LogP contribution < -0.4 is 5.32 Å². The average Bonchev–Trinajstić information content (AvgIpc) is 2.34. The van der Waals surface area contributed by atoms with Gasteiger partial charge in [0.05, 0.1) is 0 Å². The first-order valence-electron chi connectivity index (χ1n) is 7.42. The molecular weight excluding hydrogens is 218 g/mol. The van der Waals surface area contributed by atoms with Gasteiger partial charge in [-0.25, -0.2) is 0 Å². The van der Waals surface area contributed by atoms with Gasteiger partial charge in [0.2, 0.25) is 0 Å². The fraction of sp³-hybridized carbons (Fsp3) is 0.647. The Labute approximate surface area is 113 Å². The van der Waals surface area contributed by atoms with Crippen molar-refractivity contribution in [2.75, 3.05) is 6.54 Å². The maximum Gasteiger partial charge on any atom is 0.00103 e. The van der Waals surface area contributed by atoms with Gasteiger partial charge in [0.1, 0.15) is 0 Å². The molecule has 1 N–H and O–H groups in total. The van der Waals surface area contributed by atoms with Gasteiger partial charge >= 0.3 is 0 Å². The minimum absolute atomic E-state index is 0.619. The number of benzene rings is 1. The van der Waals surface area contributed by atoms with E-state index in [0.717, 1.165) is 6.54 Å². The second-order valence-corrected chi connectivity index (χ2v) is 5.82. The Morgan fingerprint density at radius 2 is 1.56 bits per heavy atom. The van der Waals surface area contributed by atoms with Crippen LogP contribution in [0.4, 0.5) is 0 Å². The molecule has 1 aromatic carbocycles. The molecule has 0 heterocycles. The van der Waals surface area contributed by atoms with Crippen molar-refractivity contribution < 1.29 is 0 Å². The van der Waals surface area contributed by atoms with E-state index < -0.39 is 0 Å². The number of aryl methyl sites for hydroxylation is 1. The van der Waals surface area contributed by atoms with E-state index in [9.17, 15) is 0 Å². The second-order valence-electron chi connectivity index (χ2n) is 5.82. The number of unbranched alkanes of at least 4 members (excludes halogenated alkanes) is 2. The van der Waals surface area contributed by atoms with Crippen molar-refractivity contribution in [2.24, 2.45) is 0 Å².